The summed E-state index contributed by atoms with van der Waals surface area (Å²) in [7, 11) is 0. The van der Waals surface area contributed by atoms with Gasteiger partial charge in [0.25, 0.3) is 0 Å². The Morgan fingerprint density at radius 2 is 1.89 bits per heavy atom. The molecule has 0 saturated heterocycles. The van der Waals surface area contributed by atoms with Crippen LogP contribution in [0, 0.1) is 19.5 Å². The van der Waals surface area contributed by atoms with Crippen molar-refractivity contribution in [2.24, 2.45) is 0 Å². The van der Waals surface area contributed by atoms with Crippen LogP contribution in [0.25, 0.3) is 11.1 Å². The van der Waals surface area contributed by atoms with E-state index in [2.05, 4.69) is 79.3 Å². The molecule has 27 heavy (non-hydrogen) atoms. The second-order valence-corrected chi connectivity index (χ2v) is 11.3. The van der Waals surface area contributed by atoms with Gasteiger partial charge in [-0.15, -0.1) is 0 Å². The molecular formula is C26H23I. The predicted octanol–water partition coefficient (Wildman–Crippen LogP) is 6.96. The number of alkyl halides is 1. The van der Waals surface area contributed by atoms with E-state index in [9.17, 15) is 0 Å². The summed E-state index contributed by atoms with van der Waals surface area (Å²) in [5.41, 5.74) is 5.11. The molecule has 0 atom stereocenters. The van der Waals surface area contributed by atoms with Crippen molar-refractivity contribution in [3.05, 3.63) is 116 Å². The number of allylic oxidation sites excluding steroid dienone is 9. The molecule has 1 heterocycles. The van der Waals surface area contributed by atoms with E-state index < -0.39 is 19.8 Å². The maximum atomic E-state index is 5.47. The van der Waals surface area contributed by atoms with Crippen LogP contribution in [0.1, 0.15) is 18.1 Å². The molecule has 1 heteroatoms. The van der Waals surface area contributed by atoms with Gasteiger partial charge >= 0.3 is 171 Å². The molecule has 0 unspecified atom stereocenters. The first-order valence-electron chi connectivity index (χ1n) is 8.91. The standard InChI is InChI=1S/C26H23I/c1-4-7-8-13-23-20-27(26-15-10-9-14-25(23)26)24-18-16-22(17-19-24)21(11-5-2)12-6-3/h2,4,6-19H,1,20H2,3H3/b8-7-,12-6-,21-11+,23-13+. The Labute approximate surface area is 170 Å². The average Bonchev–Trinajstić information content (AvgIpc) is 3.07. The molecule has 3 rings (SSSR count). The second kappa shape index (κ2) is 9.39. The number of fused-ring (bicyclic) bond motifs is 1. The third kappa shape index (κ3) is 4.40. The molecule has 0 spiro atoms. The van der Waals surface area contributed by atoms with Crippen LogP contribution in [0.5, 0.6) is 0 Å². The molecule has 0 nitrogen and oxygen atoms in total. The summed E-state index contributed by atoms with van der Waals surface area (Å²) in [5.74, 6) is 2.64. The van der Waals surface area contributed by atoms with Gasteiger partial charge in [-0.25, -0.2) is 0 Å². The Kier molecular flexibility index (Phi) is 6.68. The van der Waals surface area contributed by atoms with Gasteiger partial charge in [0.1, 0.15) is 0 Å². The Morgan fingerprint density at radius 1 is 1.11 bits per heavy atom. The molecule has 1 aliphatic rings. The van der Waals surface area contributed by atoms with Gasteiger partial charge in [0, 0.05) is 0 Å². The number of benzene rings is 2. The van der Waals surface area contributed by atoms with E-state index in [1.165, 1.54) is 24.7 Å². The van der Waals surface area contributed by atoms with Crippen molar-refractivity contribution in [3.63, 3.8) is 0 Å². The van der Waals surface area contributed by atoms with Crippen molar-refractivity contribution in [2.75, 3.05) is 4.43 Å². The third-order valence-electron chi connectivity index (χ3n) is 4.31. The fourth-order valence-electron chi connectivity index (χ4n) is 3.08. The molecule has 1 aliphatic heterocycles. The molecule has 0 aromatic heterocycles. The van der Waals surface area contributed by atoms with Crippen molar-refractivity contribution in [2.45, 2.75) is 6.92 Å². The summed E-state index contributed by atoms with van der Waals surface area (Å²) in [6, 6.07) is 17.9. The van der Waals surface area contributed by atoms with E-state index in [0.717, 1.165) is 5.57 Å². The first-order valence-corrected chi connectivity index (χ1v) is 12.6. The molecule has 0 fully saturated rings. The SMILES string of the molecule is C#C/C=C(\C=C/C)c1ccc(I2C/C(=C\C=C/C=C)c3ccccc32)cc1. The topological polar surface area (TPSA) is 0 Å². The van der Waals surface area contributed by atoms with Crippen LogP contribution >= 0.6 is 19.8 Å². The maximum absolute atomic E-state index is 5.47. The molecule has 0 amide bonds. The number of hydrogen-bond donors (Lipinski definition) is 0. The van der Waals surface area contributed by atoms with Crippen molar-refractivity contribution < 1.29 is 0 Å². The van der Waals surface area contributed by atoms with E-state index in [-0.39, 0.29) is 0 Å². The Bertz CT molecular complexity index is 976. The first kappa shape index (κ1) is 19.2. The van der Waals surface area contributed by atoms with Gasteiger partial charge in [0.2, 0.25) is 0 Å². The van der Waals surface area contributed by atoms with Crippen molar-refractivity contribution in [3.8, 4) is 12.3 Å². The summed E-state index contributed by atoms with van der Waals surface area (Å²) in [6.07, 6.45) is 19.5. The Hall–Kier alpha value is -2.57. The quantitative estimate of drug-likeness (QED) is 0.195. The van der Waals surface area contributed by atoms with Crippen LogP contribution in [0.4, 0.5) is 0 Å². The first-order chi connectivity index (χ1) is 13.3. The molecule has 134 valence electrons. The number of halogens is 1. The molecule has 0 aliphatic carbocycles. The van der Waals surface area contributed by atoms with E-state index in [4.69, 9.17) is 6.42 Å². The van der Waals surface area contributed by atoms with Crippen LogP contribution in [0.15, 0.2) is 97.6 Å². The van der Waals surface area contributed by atoms with Gasteiger partial charge in [-0.1, -0.05) is 0 Å². The predicted molar refractivity (Wildman–Crippen MR) is 128 cm³/mol. The normalized spacial score (nSPS) is 16.8. The molecule has 2 aromatic carbocycles. The van der Waals surface area contributed by atoms with Gasteiger partial charge < -0.3 is 0 Å². The Balaban J connectivity index is 1.94. The summed E-state index contributed by atoms with van der Waals surface area (Å²) >= 11 is -1.44. The zero-order valence-corrected chi connectivity index (χ0v) is 17.7. The van der Waals surface area contributed by atoms with Crippen LogP contribution in [-0.4, -0.2) is 4.43 Å². The van der Waals surface area contributed by atoms with Crippen molar-refractivity contribution in [1.29, 1.82) is 0 Å². The van der Waals surface area contributed by atoms with E-state index in [1.54, 1.807) is 3.57 Å². The molecule has 2 aromatic rings. The summed E-state index contributed by atoms with van der Waals surface area (Å²) in [5, 5.41) is 0. The second-order valence-electron chi connectivity index (χ2n) is 6.06. The van der Waals surface area contributed by atoms with E-state index >= 15 is 0 Å². The zero-order chi connectivity index (χ0) is 19.1. The Morgan fingerprint density at radius 3 is 2.59 bits per heavy atom. The summed E-state index contributed by atoms with van der Waals surface area (Å²) in [4.78, 5) is 0. The molecule has 0 radical (unpaired) electrons. The minimum atomic E-state index is -1.44. The van der Waals surface area contributed by atoms with Crippen LogP contribution in [0.3, 0.4) is 0 Å². The monoisotopic (exact) mass is 462 g/mol. The fourth-order valence-corrected chi connectivity index (χ4v) is 9.19. The summed E-state index contributed by atoms with van der Waals surface area (Å²) in [6.45, 7) is 5.76. The van der Waals surface area contributed by atoms with Crippen LogP contribution in [-0.2, 0) is 0 Å². The van der Waals surface area contributed by atoms with E-state index in [0.29, 0.717) is 0 Å². The van der Waals surface area contributed by atoms with Gasteiger partial charge in [-0.3, -0.25) is 0 Å². The molecule has 0 bridgehead atoms. The van der Waals surface area contributed by atoms with Crippen LogP contribution in [0.2, 0.25) is 0 Å². The number of rotatable bonds is 5. The summed E-state index contributed by atoms with van der Waals surface area (Å²) < 4.78 is 4.22. The van der Waals surface area contributed by atoms with Gasteiger partial charge in [-0.05, 0) is 0 Å². The fraction of sp³-hybridized carbons (Fsp3) is 0.0769. The van der Waals surface area contributed by atoms with Gasteiger partial charge in [0.15, 0.2) is 0 Å². The molecule has 0 saturated carbocycles. The number of hydrogen-bond acceptors (Lipinski definition) is 0. The zero-order valence-electron chi connectivity index (χ0n) is 15.5. The van der Waals surface area contributed by atoms with Gasteiger partial charge in [0.05, 0.1) is 0 Å². The average molecular weight is 462 g/mol. The van der Waals surface area contributed by atoms with Crippen molar-refractivity contribution in [1.82, 2.24) is 0 Å². The third-order valence-corrected chi connectivity index (χ3v) is 10.5. The van der Waals surface area contributed by atoms with Crippen molar-refractivity contribution >= 4 is 31.0 Å². The minimum absolute atomic E-state index is 1.08. The molecule has 0 N–H and O–H groups in total. The van der Waals surface area contributed by atoms with Gasteiger partial charge in [-0.2, -0.15) is 0 Å². The molecular weight excluding hydrogens is 439 g/mol. The number of terminal acetylenes is 1. The van der Waals surface area contributed by atoms with E-state index in [1.807, 2.05) is 31.2 Å². The van der Waals surface area contributed by atoms with Crippen LogP contribution < -0.4 is 0 Å².